The SMILES string of the molecule is O=C(COC(=O)c1ccc(NC(=O)[C@H]2CC(=O)N(Cc3ccccc3)C2)cc1)c1ccc(Br)cc1. The molecule has 0 aliphatic carbocycles. The number of benzene rings is 3. The number of ether oxygens (including phenoxy) is 1. The van der Waals surface area contributed by atoms with E-state index in [0.717, 1.165) is 10.0 Å². The summed E-state index contributed by atoms with van der Waals surface area (Å²) in [5.41, 5.74) is 2.23. The molecular formula is C27H23BrN2O5. The number of halogens is 1. The zero-order valence-electron chi connectivity index (χ0n) is 18.8. The smallest absolute Gasteiger partial charge is 0.338 e. The molecule has 2 amide bonds. The van der Waals surface area contributed by atoms with Gasteiger partial charge in [0.2, 0.25) is 11.8 Å². The maximum absolute atomic E-state index is 12.7. The molecule has 35 heavy (non-hydrogen) atoms. The summed E-state index contributed by atoms with van der Waals surface area (Å²) in [7, 11) is 0. The summed E-state index contributed by atoms with van der Waals surface area (Å²) in [5, 5.41) is 2.80. The lowest BCUT2D eigenvalue weighted by molar-refractivity contribution is -0.128. The fraction of sp³-hybridized carbons (Fsp3) is 0.185. The van der Waals surface area contributed by atoms with Gasteiger partial charge in [-0.3, -0.25) is 14.4 Å². The molecule has 1 aliphatic rings. The van der Waals surface area contributed by atoms with Crippen LogP contribution in [0.15, 0.2) is 83.3 Å². The summed E-state index contributed by atoms with van der Waals surface area (Å²) in [6.07, 6.45) is 0.162. The summed E-state index contributed by atoms with van der Waals surface area (Å²) in [4.78, 5) is 51.2. The van der Waals surface area contributed by atoms with Crippen molar-refractivity contribution in [2.75, 3.05) is 18.5 Å². The van der Waals surface area contributed by atoms with E-state index in [0.29, 0.717) is 24.3 Å². The minimum atomic E-state index is -0.633. The van der Waals surface area contributed by atoms with Gasteiger partial charge in [-0.2, -0.15) is 0 Å². The highest BCUT2D eigenvalue weighted by Crippen LogP contribution is 2.22. The van der Waals surface area contributed by atoms with E-state index in [-0.39, 0.29) is 36.2 Å². The number of Topliss-reactive ketones (excluding diaryl/α,β-unsaturated/α-hetero) is 1. The average Bonchev–Trinajstić information content (AvgIpc) is 3.24. The van der Waals surface area contributed by atoms with Crippen molar-refractivity contribution in [3.05, 3.63) is 100 Å². The number of carbonyl (C=O) groups excluding carboxylic acids is 4. The lowest BCUT2D eigenvalue weighted by Gasteiger charge is -2.16. The van der Waals surface area contributed by atoms with Crippen molar-refractivity contribution in [2.24, 2.45) is 5.92 Å². The van der Waals surface area contributed by atoms with E-state index >= 15 is 0 Å². The number of likely N-dealkylation sites (tertiary alicyclic amines) is 1. The molecule has 1 saturated heterocycles. The molecule has 0 radical (unpaired) electrons. The van der Waals surface area contributed by atoms with E-state index in [9.17, 15) is 19.2 Å². The second-order valence-corrected chi connectivity index (χ2v) is 9.15. The first-order valence-electron chi connectivity index (χ1n) is 11.1. The number of anilines is 1. The van der Waals surface area contributed by atoms with Crippen molar-refractivity contribution in [3.63, 3.8) is 0 Å². The van der Waals surface area contributed by atoms with Gasteiger partial charge < -0.3 is 15.0 Å². The molecule has 1 aliphatic heterocycles. The predicted octanol–water partition coefficient (Wildman–Crippen LogP) is 4.48. The van der Waals surface area contributed by atoms with Gasteiger partial charge in [-0.25, -0.2) is 4.79 Å². The third-order valence-corrected chi connectivity index (χ3v) is 6.22. The predicted molar refractivity (Wildman–Crippen MR) is 134 cm³/mol. The third kappa shape index (κ3) is 6.42. The molecular weight excluding hydrogens is 512 g/mol. The Morgan fingerprint density at radius 1 is 0.914 bits per heavy atom. The molecule has 3 aromatic rings. The summed E-state index contributed by atoms with van der Waals surface area (Å²) in [5.74, 6) is -1.68. The van der Waals surface area contributed by atoms with Crippen LogP contribution in [-0.2, 0) is 20.9 Å². The van der Waals surface area contributed by atoms with Gasteiger partial charge in [0, 0.05) is 35.2 Å². The molecule has 0 unspecified atom stereocenters. The van der Waals surface area contributed by atoms with Gasteiger partial charge in [-0.05, 0) is 42.0 Å². The molecule has 3 aromatic carbocycles. The van der Waals surface area contributed by atoms with Gasteiger partial charge in [0.1, 0.15) is 0 Å². The Bertz CT molecular complexity index is 1230. The van der Waals surface area contributed by atoms with E-state index in [2.05, 4.69) is 21.2 Å². The molecule has 8 heteroatoms. The first kappa shape index (κ1) is 24.3. The van der Waals surface area contributed by atoms with Crippen LogP contribution < -0.4 is 5.32 Å². The van der Waals surface area contributed by atoms with E-state index in [1.807, 2.05) is 30.3 Å². The number of hydrogen-bond acceptors (Lipinski definition) is 5. The molecule has 7 nitrogen and oxygen atoms in total. The maximum Gasteiger partial charge on any atom is 0.338 e. The van der Waals surface area contributed by atoms with E-state index in [1.54, 1.807) is 41.3 Å². The Balaban J connectivity index is 1.27. The van der Waals surface area contributed by atoms with Crippen LogP contribution in [0, 0.1) is 5.92 Å². The van der Waals surface area contributed by atoms with E-state index < -0.39 is 11.9 Å². The molecule has 1 heterocycles. The Labute approximate surface area is 211 Å². The molecule has 0 spiro atoms. The van der Waals surface area contributed by atoms with Crippen LogP contribution >= 0.6 is 15.9 Å². The molecule has 0 aromatic heterocycles. The second kappa shape index (κ2) is 11.1. The van der Waals surface area contributed by atoms with Gasteiger partial charge in [0.25, 0.3) is 0 Å². The number of esters is 1. The van der Waals surface area contributed by atoms with Gasteiger partial charge >= 0.3 is 5.97 Å². The number of nitrogens with zero attached hydrogens (tertiary/aromatic N) is 1. The zero-order chi connectivity index (χ0) is 24.8. The van der Waals surface area contributed by atoms with Crippen LogP contribution in [0.1, 0.15) is 32.7 Å². The number of hydrogen-bond donors (Lipinski definition) is 1. The standard InChI is InChI=1S/C27H23BrN2O5/c28-22-10-6-19(7-11-22)24(31)17-35-27(34)20-8-12-23(13-9-20)29-26(33)21-14-25(32)30(16-21)15-18-4-2-1-3-5-18/h1-13,21H,14-17H2,(H,29,33)/t21-/m0/s1. The first-order valence-corrected chi connectivity index (χ1v) is 11.9. The van der Waals surface area contributed by atoms with Crippen LogP contribution in [0.3, 0.4) is 0 Å². The molecule has 178 valence electrons. The Kier molecular flexibility index (Phi) is 7.72. The highest BCUT2D eigenvalue weighted by atomic mass is 79.9. The summed E-state index contributed by atoms with van der Waals surface area (Å²) >= 11 is 3.30. The summed E-state index contributed by atoms with van der Waals surface area (Å²) in [6.45, 7) is 0.467. The average molecular weight is 535 g/mol. The monoisotopic (exact) mass is 534 g/mol. The van der Waals surface area contributed by atoms with Crippen LogP contribution in [0.25, 0.3) is 0 Å². The zero-order valence-corrected chi connectivity index (χ0v) is 20.4. The third-order valence-electron chi connectivity index (χ3n) is 5.69. The molecule has 0 saturated carbocycles. The van der Waals surface area contributed by atoms with E-state index in [1.165, 1.54) is 12.1 Å². The second-order valence-electron chi connectivity index (χ2n) is 8.23. The van der Waals surface area contributed by atoms with E-state index in [4.69, 9.17) is 4.74 Å². The summed E-state index contributed by atoms with van der Waals surface area (Å²) in [6, 6.07) is 22.6. The minimum absolute atomic E-state index is 0.0511. The van der Waals surface area contributed by atoms with Crippen molar-refractivity contribution in [2.45, 2.75) is 13.0 Å². The highest BCUT2D eigenvalue weighted by Gasteiger charge is 2.34. The first-order chi connectivity index (χ1) is 16.9. The maximum atomic E-state index is 12.7. The number of amides is 2. The molecule has 1 N–H and O–H groups in total. The largest absolute Gasteiger partial charge is 0.454 e. The lowest BCUT2D eigenvalue weighted by atomic mass is 10.1. The van der Waals surface area contributed by atoms with Crippen LogP contribution in [0.2, 0.25) is 0 Å². The lowest BCUT2D eigenvalue weighted by Crippen LogP contribution is -2.28. The van der Waals surface area contributed by atoms with Crippen LogP contribution in [0.5, 0.6) is 0 Å². The number of ketones is 1. The minimum Gasteiger partial charge on any atom is -0.454 e. The van der Waals surface area contributed by atoms with Crippen molar-refractivity contribution in [1.29, 1.82) is 0 Å². The molecule has 1 atom stereocenters. The normalized spacial score (nSPS) is 15.1. The Morgan fingerprint density at radius 3 is 2.26 bits per heavy atom. The van der Waals surface area contributed by atoms with Crippen LogP contribution in [-0.4, -0.2) is 41.6 Å². The van der Waals surface area contributed by atoms with Gasteiger partial charge in [-0.15, -0.1) is 0 Å². The van der Waals surface area contributed by atoms with Crippen LogP contribution in [0.4, 0.5) is 5.69 Å². The van der Waals surface area contributed by atoms with Crippen molar-refractivity contribution >= 4 is 45.2 Å². The molecule has 0 bridgehead atoms. The fourth-order valence-corrected chi connectivity index (χ4v) is 4.04. The molecule has 1 fully saturated rings. The van der Waals surface area contributed by atoms with Crippen molar-refractivity contribution in [1.82, 2.24) is 4.90 Å². The Morgan fingerprint density at radius 2 is 1.57 bits per heavy atom. The fourth-order valence-electron chi connectivity index (χ4n) is 3.77. The van der Waals surface area contributed by atoms with Crippen molar-refractivity contribution in [3.8, 4) is 0 Å². The number of rotatable bonds is 8. The summed E-state index contributed by atoms with van der Waals surface area (Å²) < 4.78 is 5.97. The van der Waals surface area contributed by atoms with Crippen molar-refractivity contribution < 1.29 is 23.9 Å². The van der Waals surface area contributed by atoms with Gasteiger partial charge in [-0.1, -0.05) is 58.4 Å². The molecule has 4 rings (SSSR count). The topological polar surface area (TPSA) is 92.8 Å². The Hall–Kier alpha value is -3.78. The number of nitrogens with one attached hydrogen (secondary N) is 1. The van der Waals surface area contributed by atoms with Gasteiger partial charge in [0.05, 0.1) is 11.5 Å². The number of carbonyl (C=O) groups is 4. The highest BCUT2D eigenvalue weighted by molar-refractivity contribution is 9.10. The quantitative estimate of drug-likeness (QED) is 0.339. The van der Waals surface area contributed by atoms with Gasteiger partial charge in [0.15, 0.2) is 12.4 Å².